The van der Waals surface area contributed by atoms with Crippen LogP contribution < -0.4 is 5.43 Å². The Hall–Kier alpha value is -0.990. The number of carbonyl (C=O) groups is 1. The number of aliphatic carboxylic acids is 1. The lowest BCUT2D eigenvalue weighted by Crippen LogP contribution is -2.15. The van der Waals surface area contributed by atoms with Crippen LogP contribution >= 0.6 is 22.6 Å². The zero-order chi connectivity index (χ0) is 11.6. The molecule has 0 amide bonds. The molecule has 0 aromatic carbocycles. The molecule has 0 fully saturated rings. The first-order valence-corrected chi connectivity index (χ1v) is 4.91. The summed E-state index contributed by atoms with van der Waals surface area (Å²) in [7, 11) is 0. The number of aromatic amines is 1. The molecule has 1 heterocycles. The van der Waals surface area contributed by atoms with Crippen molar-refractivity contribution < 1.29 is 18.7 Å². The Labute approximate surface area is 96.5 Å². The van der Waals surface area contributed by atoms with Crippen LogP contribution in [0.3, 0.4) is 0 Å². The molecule has 1 aromatic rings. The van der Waals surface area contributed by atoms with Crippen molar-refractivity contribution in [1.29, 1.82) is 0 Å². The molecule has 0 aliphatic heterocycles. The SMILES string of the molecule is O=C(O)Cc1[nH]c(C(F)F)cc(=O)c1I. The van der Waals surface area contributed by atoms with E-state index in [-0.39, 0.29) is 9.26 Å². The van der Waals surface area contributed by atoms with Gasteiger partial charge in [0.2, 0.25) is 0 Å². The van der Waals surface area contributed by atoms with Gasteiger partial charge in [-0.1, -0.05) is 0 Å². The third-order valence-corrected chi connectivity index (χ3v) is 2.81. The van der Waals surface area contributed by atoms with E-state index in [2.05, 4.69) is 4.98 Å². The van der Waals surface area contributed by atoms with Crippen LogP contribution in [0.15, 0.2) is 10.9 Å². The molecule has 7 heteroatoms. The zero-order valence-corrected chi connectivity index (χ0v) is 9.42. The van der Waals surface area contributed by atoms with Gasteiger partial charge in [-0.15, -0.1) is 0 Å². The van der Waals surface area contributed by atoms with Gasteiger partial charge in [-0.3, -0.25) is 9.59 Å². The third-order valence-electron chi connectivity index (χ3n) is 1.63. The quantitative estimate of drug-likeness (QED) is 0.827. The molecule has 2 N–H and O–H groups in total. The van der Waals surface area contributed by atoms with Gasteiger partial charge in [0.15, 0.2) is 5.43 Å². The number of rotatable bonds is 3. The molecule has 0 unspecified atom stereocenters. The van der Waals surface area contributed by atoms with E-state index in [1.165, 1.54) is 0 Å². The van der Waals surface area contributed by atoms with Gasteiger partial charge in [-0.25, -0.2) is 8.78 Å². The van der Waals surface area contributed by atoms with Crippen LogP contribution in [0.4, 0.5) is 8.78 Å². The van der Waals surface area contributed by atoms with Crippen LogP contribution in [-0.2, 0) is 11.2 Å². The Morgan fingerprint density at radius 3 is 2.67 bits per heavy atom. The highest BCUT2D eigenvalue weighted by Crippen LogP contribution is 2.17. The van der Waals surface area contributed by atoms with E-state index in [0.29, 0.717) is 0 Å². The van der Waals surface area contributed by atoms with Crippen molar-refractivity contribution >= 4 is 28.6 Å². The highest BCUT2D eigenvalue weighted by molar-refractivity contribution is 14.1. The maximum atomic E-state index is 12.3. The van der Waals surface area contributed by atoms with Gasteiger partial charge in [-0.05, 0) is 22.6 Å². The number of alkyl halides is 2. The van der Waals surface area contributed by atoms with Crippen LogP contribution in [0.2, 0.25) is 0 Å². The molecule has 0 radical (unpaired) electrons. The molecule has 15 heavy (non-hydrogen) atoms. The number of carboxylic acid groups (broad SMARTS) is 1. The van der Waals surface area contributed by atoms with Crippen LogP contribution in [0.5, 0.6) is 0 Å². The molecular weight excluding hydrogens is 323 g/mol. The summed E-state index contributed by atoms with van der Waals surface area (Å²) < 4.78 is 24.7. The molecule has 1 rings (SSSR count). The third kappa shape index (κ3) is 2.98. The van der Waals surface area contributed by atoms with E-state index in [0.717, 1.165) is 6.07 Å². The van der Waals surface area contributed by atoms with Gasteiger partial charge in [0, 0.05) is 11.8 Å². The van der Waals surface area contributed by atoms with Gasteiger partial charge in [0.25, 0.3) is 6.43 Å². The highest BCUT2D eigenvalue weighted by Gasteiger charge is 2.14. The summed E-state index contributed by atoms with van der Waals surface area (Å²) in [6.45, 7) is 0. The van der Waals surface area contributed by atoms with Crippen molar-refractivity contribution in [3.8, 4) is 0 Å². The maximum absolute atomic E-state index is 12.3. The summed E-state index contributed by atoms with van der Waals surface area (Å²) in [5.74, 6) is -1.19. The molecule has 0 aliphatic rings. The van der Waals surface area contributed by atoms with Crippen molar-refractivity contribution in [2.75, 3.05) is 0 Å². The highest BCUT2D eigenvalue weighted by atomic mass is 127. The second kappa shape index (κ2) is 4.69. The van der Waals surface area contributed by atoms with Crippen molar-refractivity contribution in [3.63, 3.8) is 0 Å². The standard InChI is InChI=1S/C8H6F2INO3/c9-8(10)4-1-5(13)7(11)3(12-4)2-6(14)15/h1,8H,2H2,(H,12,13)(H,14,15). The molecular formula is C8H6F2INO3. The number of halogens is 3. The summed E-state index contributed by atoms with van der Waals surface area (Å²) in [5.41, 5.74) is -1.15. The average molecular weight is 329 g/mol. The van der Waals surface area contributed by atoms with E-state index in [4.69, 9.17) is 5.11 Å². The van der Waals surface area contributed by atoms with E-state index in [1.807, 2.05) is 0 Å². The van der Waals surface area contributed by atoms with Crippen molar-refractivity contribution in [2.45, 2.75) is 12.8 Å². The zero-order valence-electron chi connectivity index (χ0n) is 7.26. The van der Waals surface area contributed by atoms with Gasteiger partial charge in [0.05, 0.1) is 15.7 Å². The molecule has 82 valence electrons. The van der Waals surface area contributed by atoms with E-state index < -0.39 is 29.9 Å². The predicted molar refractivity (Wildman–Crippen MR) is 56.1 cm³/mol. The van der Waals surface area contributed by atoms with Crippen molar-refractivity contribution in [3.05, 3.63) is 31.2 Å². The lowest BCUT2D eigenvalue weighted by atomic mass is 10.2. The van der Waals surface area contributed by atoms with Gasteiger partial charge in [-0.2, -0.15) is 0 Å². The Balaban J connectivity index is 3.25. The minimum absolute atomic E-state index is 0.00546. The van der Waals surface area contributed by atoms with E-state index in [9.17, 15) is 18.4 Å². The lowest BCUT2D eigenvalue weighted by Gasteiger charge is -2.05. The largest absolute Gasteiger partial charge is 0.481 e. The smallest absolute Gasteiger partial charge is 0.309 e. The summed E-state index contributed by atoms with van der Waals surface area (Å²) >= 11 is 1.63. The summed E-state index contributed by atoms with van der Waals surface area (Å²) in [6, 6.07) is 0.776. The molecule has 0 atom stereocenters. The second-order valence-corrected chi connectivity index (χ2v) is 3.83. The number of hydrogen-bond donors (Lipinski definition) is 2. The first-order valence-electron chi connectivity index (χ1n) is 3.83. The molecule has 0 spiro atoms. The molecule has 0 saturated carbocycles. The first-order chi connectivity index (χ1) is 6.91. The second-order valence-electron chi connectivity index (χ2n) is 2.75. The van der Waals surface area contributed by atoms with Crippen molar-refractivity contribution in [1.82, 2.24) is 4.98 Å². The van der Waals surface area contributed by atoms with Gasteiger partial charge < -0.3 is 10.1 Å². The number of nitrogens with one attached hydrogen (secondary N) is 1. The molecule has 1 aromatic heterocycles. The van der Waals surface area contributed by atoms with Gasteiger partial charge >= 0.3 is 5.97 Å². The summed E-state index contributed by atoms with van der Waals surface area (Å²) in [5, 5.41) is 8.50. The number of hydrogen-bond acceptors (Lipinski definition) is 2. The topological polar surface area (TPSA) is 70.2 Å². The van der Waals surface area contributed by atoms with Crippen LogP contribution in [0, 0.1) is 3.57 Å². The minimum atomic E-state index is -2.82. The fraction of sp³-hybridized carbons (Fsp3) is 0.250. The number of H-pyrrole nitrogens is 1. The fourth-order valence-corrected chi connectivity index (χ4v) is 1.49. The molecule has 0 aliphatic carbocycles. The van der Waals surface area contributed by atoms with Gasteiger partial charge in [0.1, 0.15) is 0 Å². The number of carboxylic acids is 1. The van der Waals surface area contributed by atoms with E-state index in [1.54, 1.807) is 22.6 Å². The lowest BCUT2D eigenvalue weighted by molar-refractivity contribution is -0.136. The Morgan fingerprint density at radius 2 is 2.20 bits per heavy atom. The average Bonchev–Trinajstić information content (AvgIpc) is 2.11. The van der Waals surface area contributed by atoms with Crippen LogP contribution in [-0.4, -0.2) is 16.1 Å². The van der Waals surface area contributed by atoms with Crippen LogP contribution in [0.25, 0.3) is 0 Å². The van der Waals surface area contributed by atoms with Crippen LogP contribution in [0.1, 0.15) is 17.8 Å². The Bertz CT molecular complexity index is 444. The summed E-state index contributed by atoms with van der Waals surface area (Å²) in [6.07, 6.45) is -3.30. The molecule has 0 saturated heterocycles. The Kier molecular flexibility index (Phi) is 3.77. The molecule has 0 bridgehead atoms. The predicted octanol–water partition coefficient (Wildman–Crippen LogP) is 1.54. The number of aromatic nitrogens is 1. The fourth-order valence-electron chi connectivity index (χ4n) is 1.01. The Morgan fingerprint density at radius 1 is 1.60 bits per heavy atom. The summed E-state index contributed by atoms with van der Waals surface area (Å²) in [4.78, 5) is 23.8. The number of pyridine rings is 1. The monoisotopic (exact) mass is 329 g/mol. The maximum Gasteiger partial charge on any atom is 0.309 e. The minimum Gasteiger partial charge on any atom is -0.481 e. The first kappa shape index (κ1) is 12.1. The molecule has 4 nitrogen and oxygen atoms in total. The van der Waals surface area contributed by atoms with Crippen molar-refractivity contribution in [2.24, 2.45) is 0 Å². The van der Waals surface area contributed by atoms with E-state index >= 15 is 0 Å². The normalized spacial score (nSPS) is 10.7.